The number of nitrogens with zero attached hydrogens (tertiary/aromatic N) is 2. The molecule has 1 N–H and O–H groups in total. The second-order valence-electron chi connectivity index (χ2n) is 5.48. The van der Waals surface area contributed by atoms with E-state index in [-0.39, 0.29) is 18.1 Å². The Labute approximate surface area is 129 Å². The summed E-state index contributed by atoms with van der Waals surface area (Å²) in [5.41, 5.74) is 0. The van der Waals surface area contributed by atoms with Gasteiger partial charge in [0.25, 0.3) is 5.91 Å². The third-order valence-electron chi connectivity index (χ3n) is 3.53. The van der Waals surface area contributed by atoms with Gasteiger partial charge in [-0.3, -0.25) is 4.79 Å². The van der Waals surface area contributed by atoms with Crippen LogP contribution in [0.1, 0.15) is 13.8 Å². The first-order valence-electron chi connectivity index (χ1n) is 7.32. The summed E-state index contributed by atoms with van der Waals surface area (Å²) < 4.78 is 13.5. The number of hydrogen-bond donors (Lipinski definition) is 1. The lowest BCUT2D eigenvalue weighted by atomic mass is 10.1. The van der Waals surface area contributed by atoms with E-state index in [2.05, 4.69) is 10.3 Å². The molecule has 1 aromatic heterocycles. The molecule has 0 radical (unpaired) electrons. The zero-order valence-electron chi connectivity index (χ0n) is 12.6. The van der Waals surface area contributed by atoms with Crippen molar-refractivity contribution in [2.24, 2.45) is 0 Å². The van der Waals surface area contributed by atoms with Gasteiger partial charge in [0.05, 0.1) is 6.33 Å². The minimum absolute atomic E-state index is 0.0327. The van der Waals surface area contributed by atoms with Crippen molar-refractivity contribution in [1.29, 1.82) is 0 Å². The summed E-state index contributed by atoms with van der Waals surface area (Å²) in [5.74, 6) is 1.10. The summed E-state index contributed by atoms with van der Waals surface area (Å²) >= 11 is 0. The lowest BCUT2D eigenvalue weighted by molar-refractivity contribution is -0.134. The van der Waals surface area contributed by atoms with Crippen LogP contribution in [0.2, 0.25) is 0 Å². The molecule has 0 unspecified atom stereocenters. The molecule has 116 valence electrons. The third kappa shape index (κ3) is 3.05. The van der Waals surface area contributed by atoms with Gasteiger partial charge in [-0.1, -0.05) is 12.1 Å². The lowest BCUT2D eigenvalue weighted by Crippen LogP contribution is -2.51. The van der Waals surface area contributed by atoms with Gasteiger partial charge in [-0.25, -0.2) is 4.98 Å². The summed E-state index contributed by atoms with van der Waals surface area (Å²) in [6.07, 6.45) is 4.31. The highest BCUT2D eigenvalue weighted by atomic mass is 16.6. The molecule has 0 fully saturated rings. The number of rotatable bonds is 4. The molecular formula is C16H19N3O3. The summed E-state index contributed by atoms with van der Waals surface area (Å²) in [7, 11) is 0. The fourth-order valence-electron chi connectivity index (χ4n) is 2.49. The smallest absolute Gasteiger partial charge is 0.265 e. The van der Waals surface area contributed by atoms with Crippen LogP contribution in [0.3, 0.4) is 0 Å². The predicted molar refractivity (Wildman–Crippen MR) is 80.8 cm³/mol. The van der Waals surface area contributed by atoms with Crippen LogP contribution in [-0.4, -0.2) is 33.7 Å². The van der Waals surface area contributed by atoms with Gasteiger partial charge in [0.1, 0.15) is 6.10 Å². The van der Waals surface area contributed by atoms with E-state index < -0.39 is 6.10 Å². The molecule has 1 aliphatic heterocycles. The minimum atomic E-state index is -0.653. The van der Waals surface area contributed by atoms with E-state index in [1.807, 2.05) is 42.8 Å². The van der Waals surface area contributed by atoms with Crippen LogP contribution in [0.5, 0.6) is 11.5 Å². The molecule has 1 amide bonds. The Kier molecular flexibility index (Phi) is 4.00. The topological polar surface area (TPSA) is 65.4 Å². The van der Waals surface area contributed by atoms with Crippen molar-refractivity contribution in [3.63, 3.8) is 0 Å². The van der Waals surface area contributed by atoms with Crippen LogP contribution in [0.4, 0.5) is 0 Å². The zero-order valence-corrected chi connectivity index (χ0v) is 12.6. The average molecular weight is 301 g/mol. The van der Waals surface area contributed by atoms with Gasteiger partial charge in [-0.2, -0.15) is 0 Å². The maximum Gasteiger partial charge on any atom is 0.265 e. The summed E-state index contributed by atoms with van der Waals surface area (Å²) in [5, 5.41) is 2.96. The van der Waals surface area contributed by atoms with Gasteiger partial charge in [0, 0.05) is 25.0 Å². The highest BCUT2D eigenvalue weighted by molar-refractivity contribution is 5.82. The van der Waals surface area contributed by atoms with E-state index in [1.54, 1.807) is 18.6 Å². The van der Waals surface area contributed by atoms with Crippen LogP contribution < -0.4 is 14.8 Å². The van der Waals surface area contributed by atoms with E-state index in [1.165, 1.54) is 0 Å². The Morgan fingerprint density at radius 3 is 2.77 bits per heavy atom. The molecule has 1 aliphatic rings. The quantitative estimate of drug-likeness (QED) is 0.932. The number of benzene rings is 1. The Hall–Kier alpha value is -2.50. The number of ether oxygens (including phenoxy) is 2. The summed E-state index contributed by atoms with van der Waals surface area (Å²) in [4.78, 5) is 16.4. The molecule has 0 spiro atoms. The second-order valence-corrected chi connectivity index (χ2v) is 5.48. The van der Waals surface area contributed by atoms with Crippen LogP contribution >= 0.6 is 0 Å². The first kappa shape index (κ1) is 14.4. The molecule has 0 aliphatic carbocycles. The van der Waals surface area contributed by atoms with Crippen molar-refractivity contribution >= 4 is 5.91 Å². The first-order chi connectivity index (χ1) is 10.6. The summed E-state index contributed by atoms with van der Waals surface area (Å²) in [6, 6.07) is 7.34. The van der Waals surface area contributed by atoms with E-state index in [9.17, 15) is 4.79 Å². The van der Waals surface area contributed by atoms with Crippen LogP contribution in [0, 0.1) is 0 Å². The second kappa shape index (κ2) is 6.09. The number of hydrogen-bond acceptors (Lipinski definition) is 4. The van der Waals surface area contributed by atoms with E-state index in [0.29, 0.717) is 18.0 Å². The fraction of sp³-hybridized carbons (Fsp3) is 0.375. The van der Waals surface area contributed by atoms with Crippen molar-refractivity contribution in [3.05, 3.63) is 43.0 Å². The molecule has 3 atom stereocenters. The molecule has 2 heterocycles. The number of nitrogens with one attached hydrogen (secondary N) is 1. The molecule has 2 aromatic rings. The van der Waals surface area contributed by atoms with Gasteiger partial charge in [0.15, 0.2) is 11.5 Å². The monoisotopic (exact) mass is 301 g/mol. The molecule has 0 bridgehead atoms. The molecule has 1 aromatic carbocycles. The Balaban J connectivity index is 1.62. The Bertz CT molecular complexity index is 642. The molecule has 6 nitrogen and oxygen atoms in total. The van der Waals surface area contributed by atoms with Crippen molar-refractivity contribution in [2.45, 2.75) is 38.6 Å². The number of aromatic nitrogens is 2. The fourth-order valence-corrected chi connectivity index (χ4v) is 2.49. The molecule has 22 heavy (non-hydrogen) atoms. The number of para-hydroxylation sites is 2. The maximum atomic E-state index is 12.4. The van der Waals surface area contributed by atoms with Crippen LogP contribution in [0.15, 0.2) is 43.0 Å². The van der Waals surface area contributed by atoms with Gasteiger partial charge in [0.2, 0.25) is 6.10 Å². The van der Waals surface area contributed by atoms with Gasteiger partial charge in [-0.05, 0) is 26.0 Å². The number of imidazole rings is 1. The van der Waals surface area contributed by atoms with Crippen molar-refractivity contribution in [1.82, 2.24) is 14.9 Å². The maximum absolute atomic E-state index is 12.4. The number of fused-ring (bicyclic) bond motifs is 1. The molecular weight excluding hydrogens is 282 g/mol. The average Bonchev–Trinajstić information content (AvgIpc) is 2.99. The van der Waals surface area contributed by atoms with Crippen molar-refractivity contribution in [3.8, 4) is 11.5 Å². The Morgan fingerprint density at radius 1 is 1.36 bits per heavy atom. The minimum Gasteiger partial charge on any atom is -0.482 e. The highest BCUT2D eigenvalue weighted by Gasteiger charge is 2.34. The van der Waals surface area contributed by atoms with Crippen LogP contribution in [-0.2, 0) is 11.3 Å². The highest BCUT2D eigenvalue weighted by Crippen LogP contribution is 2.33. The van der Waals surface area contributed by atoms with Gasteiger partial charge < -0.3 is 19.4 Å². The SMILES string of the molecule is C[C@H](Cn1ccnc1)NC(=O)[C@H]1Oc2ccccc2O[C@@H]1C. The predicted octanol–water partition coefficient (Wildman–Crippen LogP) is 1.62. The molecule has 0 saturated heterocycles. The summed E-state index contributed by atoms with van der Waals surface area (Å²) in [6.45, 7) is 4.44. The van der Waals surface area contributed by atoms with Crippen LogP contribution in [0.25, 0.3) is 0 Å². The molecule has 0 saturated carbocycles. The lowest BCUT2D eigenvalue weighted by Gasteiger charge is -2.31. The first-order valence-corrected chi connectivity index (χ1v) is 7.32. The van der Waals surface area contributed by atoms with Gasteiger partial charge >= 0.3 is 0 Å². The van der Waals surface area contributed by atoms with E-state index >= 15 is 0 Å². The number of carbonyl (C=O) groups is 1. The standard InChI is InChI=1S/C16H19N3O3/c1-11(9-19-8-7-17-10-19)18-16(20)15-12(2)21-13-5-3-4-6-14(13)22-15/h3-8,10-12,15H,9H2,1-2H3,(H,18,20)/t11-,12-,15+/m1/s1. The van der Waals surface area contributed by atoms with Crippen molar-refractivity contribution in [2.75, 3.05) is 0 Å². The Morgan fingerprint density at radius 2 is 2.09 bits per heavy atom. The molecule has 6 heteroatoms. The third-order valence-corrected chi connectivity index (χ3v) is 3.53. The number of carbonyl (C=O) groups excluding carboxylic acids is 1. The van der Waals surface area contributed by atoms with Crippen molar-refractivity contribution < 1.29 is 14.3 Å². The van der Waals surface area contributed by atoms with Gasteiger partial charge in [-0.15, -0.1) is 0 Å². The van der Waals surface area contributed by atoms with E-state index in [4.69, 9.17) is 9.47 Å². The largest absolute Gasteiger partial charge is 0.482 e. The molecule has 3 rings (SSSR count). The van der Waals surface area contributed by atoms with E-state index in [0.717, 1.165) is 0 Å². The zero-order chi connectivity index (χ0) is 15.5. The number of amides is 1. The normalized spacial score (nSPS) is 21.2.